The molecule has 1 unspecified atom stereocenters. The molecule has 1 aromatic rings. The quantitative estimate of drug-likeness (QED) is 0.537. The topological polar surface area (TPSA) is 93.7 Å². The second kappa shape index (κ2) is 11.0. The van der Waals surface area contributed by atoms with E-state index in [4.69, 9.17) is 9.47 Å². The number of carbonyl (C=O) groups is 3. The van der Waals surface area contributed by atoms with E-state index in [-0.39, 0.29) is 25.5 Å². The van der Waals surface area contributed by atoms with Crippen molar-refractivity contribution >= 4 is 18.0 Å². The van der Waals surface area contributed by atoms with E-state index in [9.17, 15) is 14.4 Å². The lowest BCUT2D eigenvalue weighted by Gasteiger charge is -2.23. The molecule has 1 atom stereocenters. The Labute approximate surface area is 160 Å². The molecule has 0 spiro atoms. The zero-order chi connectivity index (χ0) is 20.3. The first kappa shape index (κ1) is 22.2. The smallest absolute Gasteiger partial charge is 0.408 e. The van der Waals surface area contributed by atoms with Crippen LogP contribution in [0.3, 0.4) is 0 Å². The molecule has 2 amide bonds. The Morgan fingerprint density at radius 3 is 2.41 bits per heavy atom. The van der Waals surface area contributed by atoms with Crippen molar-refractivity contribution in [2.24, 2.45) is 0 Å². The minimum absolute atomic E-state index is 0.0363. The van der Waals surface area contributed by atoms with Crippen LogP contribution in [0.25, 0.3) is 0 Å². The summed E-state index contributed by atoms with van der Waals surface area (Å²) in [5.41, 5.74) is 0.110. The summed E-state index contributed by atoms with van der Waals surface area (Å²) in [7, 11) is 0. The van der Waals surface area contributed by atoms with Crippen molar-refractivity contribution in [2.45, 2.75) is 45.8 Å². The molecule has 0 fully saturated rings. The molecular formula is C20H28N2O5. The van der Waals surface area contributed by atoms with Gasteiger partial charge in [0.2, 0.25) is 5.91 Å². The zero-order valence-electron chi connectivity index (χ0n) is 16.3. The number of amides is 2. The van der Waals surface area contributed by atoms with Gasteiger partial charge < -0.3 is 20.1 Å². The number of esters is 1. The van der Waals surface area contributed by atoms with E-state index in [0.717, 1.165) is 5.56 Å². The van der Waals surface area contributed by atoms with E-state index >= 15 is 0 Å². The molecule has 148 valence electrons. The molecule has 1 aromatic carbocycles. The van der Waals surface area contributed by atoms with Gasteiger partial charge in [0.15, 0.2) is 0 Å². The van der Waals surface area contributed by atoms with Crippen molar-refractivity contribution in [3.8, 4) is 0 Å². The molecule has 0 aromatic heterocycles. The number of nitrogens with one attached hydrogen (secondary N) is 2. The Bertz CT molecular complexity index is 650. The third-order valence-electron chi connectivity index (χ3n) is 3.29. The Kier molecular flexibility index (Phi) is 9.05. The van der Waals surface area contributed by atoms with Crippen LogP contribution in [-0.2, 0) is 19.1 Å². The fourth-order valence-corrected chi connectivity index (χ4v) is 2.10. The van der Waals surface area contributed by atoms with E-state index in [1.165, 1.54) is 0 Å². The summed E-state index contributed by atoms with van der Waals surface area (Å²) in [6.45, 7) is 7.03. The highest BCUT2D eigenvalue weighted by atomic mass is 16.6. The zero-order valence-corrected chi connectivity index (χ0v) is 16.3. The van der Waals surface area contributed by atoms with Crippen LogP contribution in [-0.4, -0.2) is 36.7 Å². The van der Waals surface area contributed by atoms with Crippen LogP contribution >= 0.6 is 0 Å². The van der Waals surface area contributed by atoms with Crippen LogP contribution < -0.4 is 10.6 Å². The first-order valence-electron chi connectivity index (χ1n) is 8.79. The SMILES string of the molecule is C/C=C/COC(=O)CNC(=O)CC(NC(=O)OC(C)(C)C)c1ccccc1. The number of alkyl carbamates (subject to hydrolysis) is 1. The highest BCUT2D eigenvalue weighted by Crippen LogP contribution is 2.18. The number of benzene rings is 1. The van der Waals surface area contributed by atoms with E-state index in [0.29, 0.717) is 0 Å². The number of hydrogen-bond donors (Lipinski definition) is 2. The molecule has 1 rings (SSSR count). The molecular weight excluding hydrogens is 348 g/mol. The van der Waals surface area contributed by atoms with Crippen LogP contribution in [0.15, 0.2) is 42.5 Å². The highest BCUT2D eigenvalue weighted by molar-refractivity contribution is 5.82. The minimum atomic E-state index is -0.649. The average molecular weight is 376 g/mol. The number of hydrogen-bond acceptors (Lipinski definition) is 5. The maximum absolute atomic E-state index is 12.2. The normalized spacial score (nSPS) is 12.3. The minimum Gasteiger partial charge on any atom is -0.460 e. The molecule has 0 radical (unpaired) electrons. The molecule has 0 saturated carbocycles. The molecule has 7 nitrogen and oxygen atoms in total. The van der Waals surface area contributed by atoms with Gasteiger partial charge in [-0.25, -0.2) is 4.79 Å². The van der Waals surface area contributed by atoms with Crippen molar-refractivity contribution in [3.63, 3.8) is 0 Å². The largest absolute Gasteiger partial charge is 0.460 e. The van der Waals surface area contributed by atoms with E-state index < -0.39 is 23.7 Å². The van der Waals surface area contributed by atoms with Gasteiger partial charge in [0.1, 0.15) is 18.8 Å². The predicted molar refractivity (Wildman–Crippen MR) is 102 cm³/mol. The lowest BCUT2D eigenvalue weighted by molar-refractivity contribution is -0.142. The molecule has 2 N–H and O–H groups in total. The Morgan fingerprint density at radius 1 is 1.15 bits per heavy atom. The van der Waals surface area contributed by atoms with E-state index in [2.05, 4.69) is 10.6 Å². The van der Waals surface area contributed by atoms with Crippen LogP contribution in [0.4, 0.5) is 4.79 Å². The van der Waals surface area contributed by atoms with E-state index in [1.807, 2.05) is 25.1 Å². The summed E-state index contributed by atoms with van der Waals surface area (Å²) in [6.07, 6.45) is 2.80. The first-order chi connectivity index (χ1) is 12.7. The first-order valence-corrected chi connectivity index (χ1v) is 8.79. The highest BCUT2D eigenvalue weighted by Gasteiger charge is 2.22. The van der Waals surface area contributed by atoms with Gasteiger partial charge >= 0.3 is 12.1 Å². The van der Waals surface area contributed by atoms with Crippen molar-refractivity contribution in [3.05, 3.63) is 48.0 Å². The van der Waals surface area contributed by atoms with Gasteiger partial charge in [-0.3, -0.25) is 9.59 Å². The Morgan fingerprint density at radius 2 is 1.81 bits per heavy atom. The Balaban J connectivity index is 2.64. The predicted octanol–water partition coefficient (Wildman–Crippen LogP) is 2.88. The van der Waals surface area contributed by atoms with Gasteiger partial charge in [0, 0.05) is 0 Å². The van der Waals surface area contributed by atoms with Gasteiger partial charge in [0.25, 0.3) is 0 Å². The summed E-state index contributed by atoms with van der Waals surface area (Å²) < 4.78 is 10.2. The summed E-state index contributed by atoms with van der Waals surface area (Å²) in [4.78, 5) is 35.8. The molecule has 0 aliphatic heterocycles. The summed E-state index contributed by atoms with van der Waals surface area (Å²) in [6, 6.07) is 8.50. The standard InChI is InChI=1S/C20H28N2O5/c1-5-6-12-26-18(24)14-21-17(23)13-16(15-10-8-7-9-11-15)22-19(25)27-20(2,3)4/h5-11,16H,12-14H2,1-4H3,(H,21,23)(H,22,25)/b6-5+. The molecule has 27 heavy (non-hydrogen) atoms. The Hall–Kier alpha value is -2.83. The third kappa shape index (κ3) is 10.0. The van der Waals surface area contributed by atoms with Crippen LogP contribution in [0.1, 0.15) is 45.7 Å². The summed E-state index contributed by atoms with van der Waals surface area (Å²) >= 11 is 0. The number of allylic oxidation sites excluding steroid dienone is 1. The maximum Gasteiger partial charge on any atom is 0.408 e. The van der Waals surface area contributed by atoms with Crippen molar-refractivity contribution in [1.29, 1.82) is 0 Å². The number of carbonyl (C=O) groups excluding carboxylic acids is 3. The molecule has 7 heteroatoms. The third-order valence-corrected chi connectivity index (χ3v) is 3.29. The number of rotatable bonds is 8. The van der Waals surface area contributed by atoms with Crippen molar-refractivity contribution in [2.75, 3.05) is 13.2 Å². The molecule has 0 aliphatic carbocycles. The van der Waals surface area contributed by atoms with Crippen LogP contribution in [0.5, 0.6) is 0 Å². The monoisotopic (exact) mass is 376 g/mol. The average Bonchev–Trinajstić information content (AvgIpc) is 2.59. The fourth-order valence-electron chi connectivity index (χ4n) is 2.10. The summed E-state index contributed by atoms with van der Waals surface area (Å²) in [5, 5.41) is 5.20. The van der Waals surface area contributed by atoms with Crippen molar-refractivity contribution in [1.82, 2.24) is 10.6 Å². The molecule has 0 heterocycles. The van der Waals surface area contributed by atoms with Crippen molar-refractivity contribution < 1.29 is 23.9 Å². The summed E-state index contributed by atoms with van der Waals surface area (Å²) in [5.74, 6) is -0.916. The van der Waals surface area contributed by atoms with Crippen LogP contribution in [0.2, 0.25) is 0 Å². The van der Waals surface area contributed by atoms with Gasteiger partial charge in [-0.05, 0) is 33.3 Å². The van der Waals surface area contributed by atoms with Gasteiger partial charge in [0.05, 0.1) is 12.5 Å². The van der Waals surface area contributed by atoms with Gasteiger partial charge in [-0.15, -0.1) is 0 Å². The van der Waals surface area contributed by atoms with E-state index in [1.54, 1.807) is 45.1 Å². The molecule has 0 saturated heterocycles. The second-order valence-electron chi connectivity index (χ2n) is 6.84. The lowest BCUT2D eigenvalue weighted by atomic mass is 10.0. The second-order valence-corrected chi connectivity index (χ2v) is 6.84. The van der Waals surface area contributed by atoms with Gasteiger partial charge in [-0.2, -0.15) is 0 Å². The molecule has 0 aliphatic rings. The van der Waals surface area contributed by atoms with Gasteiger partial charge in [-0.1, -0.05) is 42.5 Å². The maximum atomic E-state index is 12.2. The van der Waals surface area contributed by atoms with Crippen LogP contribution in [0, 0.1) is 0 Å². The molecule has 0 bridgehead atoms. The lowest BCUT2D eigenvalue weighted by Crippen LogP contribution is -2.38. The number of ether oxygens (including phenoxy) is 2. The fraction of sp³-hybridized carbons (Fsp3) is 0.450.